The first-order valence-electron chi connectivity index (χ1n) is 8.52. The van der Waals surface area contributed by atoms with Crippen LogP contribution in [0.15, 0.2) is 53.4 Å². The number of halogens is 3. The lowest BCUT2D eigenvalue weighted by molar-refractivity contribution is -0.274. The maximum Gasteiger partial charge on any atom is 0.573 e. The average Bonchev–Trinajstić information content (AvgIpc) is 3.16. The SMILES string of the molecule is O=C(CSc1ccc(N2CCCC2)cc1)Nc1ccc(OC(F)(F)F)cc1. The second kappa shape index (κ2) is 8.56. The molecule has 0 radical (unpaired) electrons. The second-order valence-electron chi connectivity index (χ2n) is 6.10. The van der Waals surface area contributed by atoms with Crippen molar-refractivity contribution in [2.45, 2.75) is 24.1 Å². The summed E-state index contributed by atoms with van der Waals surface area (Å²) in [5.41, 5.74) is 1.61. The summed E-state index contributed by atoms with van der Waals surface area (Å²) in [6.07, 6.45) is -2.29. The van der Waals surface area contributed by atoms with Gasteiger partial charge < -0.3 is 15.0 Å². The largest absolute Gasteiger partial charge is 0.573 e. The smallest absolute Gasteiger partial charge is 0.406 e. The highest BCUT2D eigenvalue weighted by Crippen LogP contribution is 2.26. The molecule has 2 aromatic rings. The van der Waals surface area contributed by atoms with Crippen molar-refractivity contribution < 1.29 is 22.7 Å². The molecule has 0 aliphatic carbocycles. The minimum Gasteiger partial charge on any atom is -0.406 e. The molecule has 1 N–H and O–H groups in total. The Kier molecular flexibility index (Phi) is 6.15. The molecule has 3 rings (SSSR count). The molecule has 1 saturated heterocycles. The van der Waals surface area contributed by atoms with Crippen molar-refractivity contribution >= 4 is 29.0 Å². The topological polar surface area (TPSA) is 41.6 Å². The molecule has 0 atom stereocenters. The summed E-state index contributed by atoms with van der Waals surface area (Å²) in [4.78, 5) is 15.4. The van der Waals surface area contributed by atoms with E-state index in [0.717, 1.165) is 30.1 Å². The lowest BCUT2D eigenvalue weighted by Gasteiger charge is -2.17. The molecule has 0 bridgehead atoms. The number of hydrogen-bond donors (Lipinski definition) is 1. The van der Waals surface area contributed by atoms with Crippen LogP contribution in [0, 0.1) is 0 Å². The van der Waals surface area contributed by atoms with Crippen LogP contribution in [0.1, 0.15) is 12.8 Å². The molecule has 27 heavy (non-hydrogen) atoms. The second-order valence-corrected chi connectivity index (χ2v) is 7.15. The fraction of sp³-hybridized carbons (Fsp3) is 0.316. The molecular weight excluding hydrogens is 377 g/mol. The highest BCUT2D eigenvalue weighted by Gasteiger charge is 2.30. The van der Waals surface area contributed by atoms with Gasteiger partial charge in [0.2, 0.25) is 5.91 Å². The Bertz CT molecular complexity index is 758. The van der Waals surface area contributed by atoms with E-state index in [2.05, 4.69) is 27.1 Å². The van der Waals surface area contributed by atoms with Gasteiger partial charge in [0, 0.05) is 29.4 Å². The molecule has 0 saturated carbocycles. The number of amides is 1. The Morgan fingerprint density at radius 1 is 1.04 bits per heavy atom. The van der Waals surface area contributed by atoms with Crippen molar-refractivity contribution in [3.63, 3.8) is 0 Å². The number of rotatable bonds is 6. The fourth-order valence-corrected chi connectivity index (χ4v) is 3.51. The van der Waals surface area contributed by atoms with Crippen LogP contribution in [0.4, 0.5) is 24.5 Å². The van der Waals surface area contributed by atoms with Gasteiger partial charge in [-0.25, -0.2) is 0 Å². The summed E-state index contributed by atoms with van der Waals surface area (Å²) in [5, 5.41) is 2.65. The summed E-state index contributed by atoms with van der Waals surface area (Å²) in [6, 6.07) is 13.2. The van der Waals surface area contributed by atoms with Crippen LogP contribution in [-0.2, 0) is 4.79 Å². The first-order chi connectivity index (χ1) is 12.9. The van der Waals surface area contributed by atoms with Gasteiger partial charge in [0.15, 0.2) is 0 Å². The van der Waals surface area contributed by atoms with Crippen LogP contribution in [0.25, 0.3) is 0 Å². The number of carbonyl (C=O) groups excluding carboxylic acids is 1. The fourth-order valence-electron chi connectivity index (χ4n) is 2.81. The van der Waals surface area contributed by atoms with Gasteiger partial charge >= 0.3 is 6.36 Å². The van der Waals surface area contributed by atoms with Crippen LogP contribution >= 0.6 is 11.8 Å². The van der Waals surface area contributed by atoms with Crippen molar-refractivity contribution in [1.29, 1.82) is 0 Å². The quantitative estimate of drug-likeness (QED) is 0.704. The number of anilines is 2. The van der Waals surface area contributed by atoms with E-state index in [1.54, 1.807) is 0 Å². The van der Waals surface area contributed by atoms with Crippen molar-refractivity contribution in [3.8, 4) is 5.75 Å². The molecule has 1 heterocycles. The van der Waals surface area contributed by atoms with Gasteiger partial charge in [-0.3, -0.25) is 4.79 Å². The van der Waals surface area contributed by atoms with Gasteiger partial charge in [-0.1, -0.05) is 0 Å². The lowest BCUT2D eigenvalue weighted by Crippen LogP contribution is -2.17. The molecule has 144 valence electrons. The molecule has 1 aliphatic heterocycles. The molecule has 0 spiro atoms. The van der Waals surface area contributed by atoms with Gasteiger partial charge in [0.25, 0.3) is 0 Å². The highest BCUT2D eigenvalue weighted by molar-refractivity contribution is 8.00. The zero-order valence-corrected chi connectivity index (χ0v) is 15.3. The van der Waals surface area contributed by atoms with Crippen LogP contribution in [0.3, 0.4) is 0 Å². The molecule has 0 unspecified atom stereocenters. The molecule has 0 aromatic heterocycles. The van der Waals surface area contributed by atoms with Crippen molar-refractivity contribution in [3.05, 3.63) is 48.5 Å². The van der Waals surface area contributed by atoms with E-state index in [1.807, 2.05) is 12.1 Å². The molecule has 1 fully saturated rings. The number of nitrogens with one attached hydrogen (secondary N) is 1. The molecule has 4 nitrogen and oxygen atoms in total. The van der Waals surface area contributed by atoms with Gasteiger partial charge in [0.1, 0.15) is 5.75 Å². The summed E-state index contributed by atoms with van der Waals surface area (Å²) >= 11 is 1.41. The maximum absolute atomic E-state index is 12.1. The first kappa shape index (κ1) is 19.4. The summed E-state index contributed by atoms with van der Waals surface area (Å²) in [7, 11) is 0. The van der Waals surface area contributed by atoms with Crippen molar-refractivity contribution in [2.24, 2.45) is 0 Å². The normalized spacial score (nSPS) is 14.3. The number of ether oxygens (including phenoxy) is 1. The van der Waals surface area contributed by atoms with Gasteiger partial charge in [-0.05, 0) is 61.4 Å². The van der Waals surface area contributed by atoms with Crippen LogP contribution in [0.2, 0.25) is 0 Å². The third-order valence-electron chi connectivity index (χ3n) is 4.05. The van der Waals surface area contributed by atoms with E-state index in [-0.39, 0.29) is 17.4 Å². The highest BCUT2D eigenvalue weighted by atomic mass is 32.2. The first-order valence-corrected chi connectivity index (χ1v) is 9.51. The Labute approximate surface area is 159 Å². The standard InChI is InChI=1S/C19H19F3N2O2S/c20-19(21,22)26-16-7-3-14(4-8-16)23-18(25)13-27-17-9-5-15(6-10-17)24-11-1-2-12-24/h3-10H,1-2,11-13H2,(H,23,25). The Balaban J connectivity index is 1.46. The molecule has 2 aromatic carbocycles. The number of nitrogens with zero attached hydrogens (tertiary/aromatic N) is 1. The maximum atomic E-state index is 12.1. The van der Waals surface area contributed by atoms with E-state index in [0.29, 0.717) is 5.69 Å². The zero-order valence-electron chi connectivity index (χ0n) is 14.5. The van der Waals surface area contributed by atoms with E-state index >= 15 is 0 Å². The van der Waals surface area contributed by atoms with Gasteiger partial charge in [-0.2, -0.15) is 0 Å². The Morgan fingerprint density at radius 3 is 2.26 bits per heavy atom. The van der Waals surface area contributed by atoms with Crippen molar-refractivity contribution in [1.82, 2.24) is 0 Å². The summed E-state index contributed by atoms with van der Waals surface area (Å²) in [5.74, 6) is -0.342. The van der Waals surface area contributed by atoms with Gasteiger partial charge in [-0.15, -0.1) is 24.9 Å². The number of thioether (sulfide) groups is 1. The zero-order chi connectivity index (χ0) is 19.3. The van der Waals surface area contributed by atoms with Crippen LogP contribution in [-0.4, -0.2) is 31.1 Å². The monoisotopic (exact) mass is 396 g/mol. The third kappa shape index (κ3) is 6.09. The summed E-state index contributed by atoms with van der Waals surface area (Å²) in [6.45, 7) is 2.17. The Morgan fingerprint density at radius 2 is 1.67 bits per heavy atom. The van der Waals surface area contributed by atoms with Gasteiger partial charge in [0.05, 0.1) is 5.75 Å². The minimum absolute atomic E-state index is 0.212. The minimum atomic E-state index is -4.73. The lowest BCUT2D eigenvalue weighted by atomic mass is 10.3. The number of alkyl halides is 3. The molecule has 8 heteroatoms. The molecule has 1 aliphatic rings. The number of hydrogen-bond acceptors (Lipinski definition) is 4. The van der Waals surface area contributed by atoms with E-state index < -0.39 is 6.36 Å². The van der Waals surface area contributed by atoms with E-state index in [9.17, 15) is 18.0 Å². The van der Waals surface area contributed by atoms with E-state index in [1.165, 1.54) is 42.4 Å². The number of benzene rings is 2. The predicted octanol–water partition coefficient (Wildman–Crippen LogP) is 4.92. The van der Waals surface area contributed by atoms with E-state index in [4.69, 9.17) is 0 Å². The predicted molar refractivity (Wildman–Crippen MR) is 100 cm³/mol. The number of carbonyl (C=O) groups is 1. The van der Waals surface area contributed by atoms with Crippen molar-refractivity contribution in [2.75, 3.05) is 29.1 Å². The third-order valence-corrected chi connectivity index (χ3v) is 5.06. The average molecular weight is 396 g/mol. The summed E-state index contributed by atoms with van der Waals surface area (Å²) < 4.78 is 40.2. The van der Waals surface area contributed by atoms with Crippen LogP contribution in [0.5, 0.6) is 5.75 Å². The molecule has 1 amide bonds. The Hall–Kier alpha value is -2.35. The van der Waals surface area contributed by atoms with Crippen LogP contribution < -0.4 is 15.0 Å². The molecular formula is C19H19F3N2O2S.